The number of rotatable bonds is 12. The number of carbonyl (C=O) groups is 2. The van der Waals surface area contributed by atoms with E-state index in [1.54, 1.807) is 31.2 Å². The lowest BCUT2D eigenvalue weighted by atomic mass is 10.1. The molecule has 1 atom stereocenters. The highest BCUT2D eigenvalue weighted by Crippen LogP contribution is 2.36. The van der Waals surface area contributed by atoms with Gasteiger partial charge in [0, 0.05) is 19.6 Å². The van der Waals surface area contributed by atoms with E-state index in [1.807, 2.05) is 13.8 Å². The van der Waals surface area contributed by atoms with Crippen LogP contribution in [0.5, 0.6) is 11.5 Å². The molecule has 0 saturated carbocycles. The maximum Gasteiger partial charge on any atom is 0.419 e. The van der Waals surface area contributed by atoms with E-state index >= 15 is 0 Å². The lowest BCUT2D eigenvalue weighted by Crippen LogP contribution is -2.39. The minimum Gasteiger partial charge on any atom is -0.492 e. The zero-order chi connectivity index (χ0) is 26.0. The summed E-state index contributed by atoms with van der Waals surface area (Å²) >= 11 is 0. The number of nitrogens with zero attached hydrogens (tertiary/aromatic N) is 1. The van der Waals surface area contributed by atoms with Crippen molar-refractivity contribution in [2.45, 2.75) is 39.5 Å². The summed E-state index contributed by atoms with van der Waals surface area (Å²) in [4.78, 5) is 25.2. The van der Waals surface area contributed by atoms with Gasteiger partial charge in [-0.1, -0.05) is 38.1 Å². The summed E-state index contributed by atoms with van der Waals surface area (Å²) in [5, 5.41) is 9.20. The average molecular weight is 498 g/mol. The molecule has 0 aromatic heterocycles. The Balaban J connectivity index is 1.98. The lowest BCUT2D eigenvalue weighted by molar-refractivity contribution is -0.150. The number of para-hydroxylation sites is 1. The third-order valence-electron chi connectivity index (χ3n) is 4.85. The number of carboxylic acid groups (broad SMARTS) is 1. The molecule has 7 nitrogen and oxygen atoms in total. The molecule has 192 valence electrons. The maximum absolute atomic E-state index is 13.2. The normalized spacial score (nSPS) is 12.3. The Morgan fingerprint density at radius 1 is 1.06 bits per heavy atom. The van der Waals surface area contributed by atoms with Gasteiger partial charge in [-0.2, -0.15) is 13.2 Å². The van der Waals surface area contributed by atoms with E-state index in [0.29, 0.717) is 5.75 Å². The molecule has 2 aromatic carbocycles. The fourth-order valence-corrected chi connectivity index (χ4v) is 3.27. The number of alkyl halides is 3. The molecular formula is C25H30F3NO6. The van der Waals surface area contributed by atoms with Crippen molar-refractivity contribution >= 4 is 12.1 Å². The number of hydrogen-bond donors (Lipinski definition) is 1. The topological polar surface area (TPSA) is 85.3 Å². The van der Waals surface area contributed by atoms with E-state index in [1.165, 1.54) is 17.0 Å². The number of aliphatic carboxylic acids is 1. The van der Waals surface area contributed by atoms with Gasteiger partial charge in [0.25, 0.3) is 0 Å². The van der Waals surface area contributed by atoms with Crippen molar-refractivity contribution in [3.05, 3.63) is 59.7 Å². The Morgan fingerprint density at radius 2 is 1.71 bits per heavy atom. The molecule has 0 aliphatic rings. The van der Waals surface area contributed by atoms with Crippen molar-refractivity contribution in [1.29, 1.82) is 0 Å². The molecule has 0 radical (unpaired) electrons. The van der Waals surface area contributed by atoms with Crippen LogP contribution in [0.25, 0.3) is 0 Å². The minimum absolute atomic E-state index is 0.0483. The lowest BCUT2D eigenvalue weighted by Gasteiger charge is -2.24. The van der Waals surface area contributed by atoms with Crippen LogP contribution in [0.1, 0.15) is 31.9 Å². The van der Waals surface area contributed by atoms with Crippen LogP contribution in [0.3, 0.4) is 0 Å². The smallest absolute Gasteiger partial charge is 0.419 e. The highest BCUT2D eigenvalue weighted by Gasteiger charge is 2.35. The summed E-state index contributed by atoms with van der Waals surface area (Å²) in [5.74, 6) is -1.05. The Kier molecular flexibility index (Phi) is 10.4. The highest BCUT2D eigenvalue weighted by atomic mass is 19.4. The van der Waals surface area contributed by atoms with E-state index in [0.717, 1.165) is 17.7 Å². The second kappa shape index (κ2) is 13.0. The molecule has 0 spiro atoms. The largest absolute Gasteiger partial charge is 0.492 e. The summed E-state index contributed by atoms with van der Waals surface area (Å²) < 4.78 is 55.6. The molecule has 0 bridgehead atoms. The predicted octanol–water partition coefficient (Wildman–Crippen LogP) is 5.27. The Morgan fingerprint density at radius 3 is 2.29 bits per heavy atom. The molecule has 2 aromatic rings. The molecule has 0 heterocycles. The van der Waals surface area contributed by atoms with Gasteiger partial charge in [-0.25, -0.2) is 9.59 Å². The van der Waals surface area contributed by atoms with Gasteiger partial charge in [0.15, 0.2) is 6.10 Å². The van der Waals surface area contributed by atoms with Gasteiger partial charge in [0.1, 0.15) is 18.1 Å². The molecule has 1 N–H and O–H groups in total. The van der Waals surface area contributed by atoms with E-state index in [-0.39, 0.29) is 38.6 Å². The molecule has 0 fully saturated rings. The summed E-state index contributed by atoms with van der Waals surface area (Å²) in [6.07, 6.45) is -6.28. The quantitative estimate of drug-likeness (QED) is 0.430. The molecule has 2 rings (SSSR count). The number of halogens is 3. The van der Waals surface area contributed by atoms with Crippen LogP contribution in [0.2, 0.25) is 0 Å². The SMILES string of the molecule is CCOC(Cc1ccc(OCCN(CC(C)C)C(=O)Oc2ccccc2C(F)(F)F)cc1)C(=O)O. The second-order valence-corrected chi connectivity index (χ2v) is 8.18. The van der Waals surface area contributed by atoms with E-state index < -0.39 is 35.7 Å². The molecule has 0 aliphatic carbocycles. The third kappa shape index (κ3) is 9.12. The number of amides is 1. The van der Waals surface area contributed by atoms with E-state index in [4.69, 9.17) is 14.2 Å². The van der Waals surface area contributed by atoms with Gasteiger partial charge in [-0.15, -0.1) is 0 Å². The zero-order valence-corrected chi connectivity index (χ0v) is 19.9. The van der Waals surface area contributed by atoms with Crippen LogP contribution < -0.4 is 9.47 Å². The molecule has 35 heavy (non-hydrogen) atoms. The van der Waals surface area contributed by atoms with Crippen LogP contribution in [-0.4, -0.2) is 54.5 Å². The number of benzene rings is 2. The molecule has 0 saturated heterocycles. The zero-order valence-electron chi connectivity index (χ0n) is 19.9. The fraction of sp³-hybridized carbons (Fsp3) is 0.440. The first-order chi connectivity index (χ1) is 16.5. The number of hydrogen-bond acceptors (Lipinski definition) is 5. The summed E-state index contributed by atoms with van der Waals surface area (Å²) in [6.45, 7) is 6.20. The first kappa shape index (κ1) is 28.0. The molecule has 10 heteroatoms. The van der Waals surface area contributed by atoms with Crippen molar-refractivity contribution in [3.63, 3.8) is 0 Å². The summed E-state index contributed by atoms with van der Waals surface area (Å²) in [7, 11) is 0. The number of carbonyl (C=O) groups excluding carboxylic acids is 1. The van der Waals surface area contributed by atoms with Crippen LogP contribution in [0.15, 0.2) is 48.5 Å². The number of carboxylic acids is 1. The van der Waals surface area contributed by atoms with Crippen LogP contribution >= 0.6 is 0 Å². The van der Waals surface area contributed by atoms with Gasteiger partial charge in [-0.05, 0) is 42.7 Å². The van der Waals surface area contributed by atoms with Crippen molar-refractivity contribution in [3.8, 4) is 11.5 Å². The molecule has 1 unspecified atom stereocenters. The van der Waals surface area contributed by atoms with Gasteiger partial charge in [-0.3, -0.25) is 0 Å². The monoisotopic (exact) mass is 497 g/mol. The van der Waals surface area contributed by atoms with Gasteiger partial charge >= 0.3 is 18.2 Å². The Labute approximate surface area is 202 Å². The Bertz CT molecular complexity index is 962. The summed E-state index contributed by atoms with van der Waals surface area (Å²) in [6, 6.07) is 11.3. The van der Waals surface area contributed by atoms with Gasteiger partial charge in [0.2, 0.25) is 0 Å². The second-order valence-electron chi connectivity index (χ2n) is 8.18. The standard InChI is InChI=1S/C25H30F3NO6/c1-4-33-22(23(30)31)15-18-9-11-19(12-10-18)34-14-13-29(16-17(2)3)24(32)35-21-8-6-5-7-20(21)25(26,27)28/h5-12,17,22H,4,13-16H2,1-3H3,(H,30,31). The third-order valence-corrected chi connectivity index (χ3v) is 4.85. The van der Waals surface area contributed by atoms with Crippen LogP contribution in [0, 0.1) is 5.92 Å². The van der Waals surface area contributed by atoms with Crippen LogP contribution in [-0.2, 0) is 22.1 Å². The fourth-order valence-electron chi connectivity index (χ4n) is 3.27. The first-order valence-electron chi connectivity index (χ1n) is 11.2. The predicted molar refractivity (Wildman–Crippen MR) is 123 cm³/mol. The van der Waals surface area contributed by atoms with Gasteiger partial charge < -0.3 is 24.2 Å². The van der Waals surface area contributed by atoms with E-state index in [9.17, 15) is 27.9 Å². The van der Waals surface area contributed by atoms with Crippen LogP contribution in [0.4, 0.5) is 18.0 Å². The first-order valence-corrected chi connectivity index (χ1v) is 11.2. The van der Waals surface area contributed by atoms with E-state index in [2.05, 4.69) is 0 Å². The Hall–Kier alpha value is -3.27. The van der Waals surface area contributed by atoms with Crippen molar-refractivity contribution in [2.75, 3.05) is 26.3 Å². The minimum atomic E-state index is -4.65. The molecule has 0 aliphatic heterocycles. The highest BCUT2D eigenvalue weighted by molar-refractivity contribution is 5.72. The maximum atomic E-state index is 13.2. The molecular weight excluding hydrogens is 467 g/mol. The van der Waals surface area contributed by atoms with Crippen molar-refractivity contribution in [2.24, 2.45) is 5.92 Å². The summed E-state index contributed by atoms with van der Waals surface area (Å²) in [5.41, 5.74) is -0.268. The molecule has 1 amide bonds. The van der Waals surface area contributed by atoms with Crippen molar-refractivity contribution in [1.82, 2.24) is 4.90 Å². The van der Waals surface area contributed by atoms with Gasteiger partial charge in [0.05, 0.1) is 12.1 Å². The van der Waals surface area contributed by atoms with Crippen molar-refractivity contribution < 1.29 is 42.1 Å². The average Bonchev–Trinajstić information content (AvgIpc) is 2.78. The number of ether oxygens (including phenoxy) is 3.